The molecule has 0 N–H and O–H groups in total. The maximum Gasteiger partial charge on any atom is -0.00930 e. The lowest BCUT2D eigenvalue weighted by molar-refractivity contribution is 0.565. The predicted molar refractivity (Wildman–Crippen MR) is 120 cm³/mol. The average molecular weight is 364 g/mol. The summed E-state index contributed by atoms with van der Waals surface area (Å²) in [4.78, 5) is 0. The van der Waals surface area contributed by atoms with Crippen molar-refractivity contribution in [3.05, 3.63) is 77.7 Å². The van der Waals surface area contributed by atoms with E-state index in [-0.39, 0.29) is 0 Å². The Morgan fingerprint density at radius 1 is 0.667 bits per heavy atom. The lowest BCUT2D eigenvalue weighted by atomic mass is 9.89. The van der Waals surface area contributed by atoms with Crippen LogP contribution in [0.3, 0.4) is 0 Å². The normalized spacial score (nSPS) is 12.2. The number of benzene rings is 2. The highest BCUT2D eigenvalue weighted by Gasteiger charge is 2.10. The average Bonchev–Trinajstić information content (AvgIpc) is 2.72. The fourth-order valence-electron chi connectivity index (χ4n) is 3.87. The Morgan fingerprint density at radius 3 is 1.85 bits per heavy atom. The van der Waals surface area contributed by atoms with E-state index in [0.717, 1.165) is 6.42 Å². The molecule has 0 fully saturated rings. The Labute approximate surface area is 168 Å². The molecule has 0 aliphatic heterocycles. The fraction of sp³-hybridized carbons (Fsp3) is 0.519. The van der Waals surface area contributed by atoms with Gasteiger partial charge in [-0.15, -0.1) is 0 Å². The largest absolute Gasteiger partial charge is 0.0654 e. The van der Waals surface area contributed by atoms with Crippen molar-refractivity contribution in [2.24, 2.45) is 0 Å². The zero-order valence-corrected chi connectivity index (χ0v) is 17.6. The van der Waals surface area contributed by atoms with Gasteiger partial charge in [0.15, 0.2) is 0 Å². The number of hydrogen-bond donors (Lipinski definition) is 0. The van der Waals surface area contributed by atoms with Gasteiger partial charge in [0.05, 0.1) is 0 Å². The standard InChI is InChI=1S/C27H39/c1-3-5-6-7-8-9-10-11-13-16-24-19-21-27(22-20-24)26(4-2)23-25-17-14-12-15-18-25/h4,12,14-15,17-22,26H,3,5-11,13,16,23H2,1-2H3. The van der Waals surface area contributed by atoms with E-state index >= 15 is 0 Å². The Kier molecular flexibility index (Phi) is 10.9. The molecule has 2 aromatic carbocycles. The van der Waals surface area contributed by atoms with Gasteiger partial charge in [-0.3, -0.25) is 0 Å². The summed E-state index contributed by atoms with van der Waals surface area (Å²) in [5, 5.41) is 0. The van der Waals surface area contributed by atoms with Crippen molar-refractivity contribution < 1.29 is 0 Å². The Morgan fingerprint density at radius 2 is 1.26 bits per heavy atom. The molecule has 0 amide bonds. The number of unbranched alkanes of at least 4 members (excludes halogenated alkanes) is 8. The smallest absolute Gasteiger partial charge is 0.00930 e. The maximum atomic E-state index is 2.35. The van der Waals surface area contributed by atoms with E-state index in [1.165, 1.54) is 80.9 Å². The summed E-state index contributed by atoms with van der Waals surface area (Å²) in [7, 11) is 0. The van der Waals surface area contributed by atoms with Gasteiger partial charge in [-0.1, -0.05) is 120 Å². The highest BCUT2D eigenvalue weighted by molar-refractivity contribution is 5.29. The third-order valence-corrected chi connectivity index (χ3v) is 5.68. The molecule has 0 spiro atoms. The molecule has 0 heteroatoms. The summed E-state index contributed by atoms with van der Waals surface area (Å²) in [5.41, 5.74) is 4.35. The molecule has 2 rings (SSSR count). The van der Waals surface area contributed by atoms with Gasteiger partial charge in [0, 0.05) is 0 Å². The van der Waals surface area contributed by atoms with Crippen molar-refractivity contribution in [3.8, 4) is 0 Å². The van der Waals surface area contributed by atoms with Gasteiger partial charge < -0.3 is 0 Å². The molecule has 0 heterocycles. The second kappa shape index (κ2) is 13.6. The Bertz CT molecular complexity index is 581. The van der Waals surface area contributed by atoms with Crippen molar-refractivity contribution >= 4 is 0 Å². The number of rotatable bonds is 14. The van der Waals surface area contributed by atoms with Crippen LogP contribution in [0.5, 0.6) is 0 Å². The van der Waals surface area contributed by atoms with Crippen LogP contribution in [0.1, 0.15) is 94.2 Å². The monoisotopic (exact) mass is 363 g/mol. The van der Waals surface area contributed by atoms with Crippen LogP contribution in [0.2, 0.25) is 0 Å². The van der Waals surface area contributed by atoms with Gasteiger partial charge in [0.25, 0.3) is 0 Å². The first-order valence-corrected chi connectivity index (χ1v) is 11.3. The van der Waals surface area contributed by atoms with E-state index < -0.39 is 0 Å². The quantitative estimate of drug-likeness (QED) is 0.296. The van der Waals surface area contributed by atoms with E-state index in [1.807, 2.05) is 0 Å². The molecule has 1 atom stereocenters. The summed E-state index contributed by atoms with van der Waals surface area (Å²) in [6.45, 7) is 4.47. The lowest BCUT2D eigenvalue weighted by Crippen LogP contribution is -2.02. The molecule has 0 aliphatic carbocycles. The van der Waals surface area contributed by atoms with Crippen LogP contribution >= 0.6 is 0 Å². The molecule has 0 saturated carbocycles. The molecule has 0 nitrogen and oxygen atoms in total. The first-order valence-electron chi connectivity index (χ1n) is 11.3. The van der Waals surface area contributed by atoms with Crippen LogP contribution in [-0.2, 0) is 12.8 Å². The molecule has 1 unspecified atom stereocenters. The van der Waals surface area contributed by atoms with E-state index in [2.05, 4.69) is 74.9 Å². The maximum absolute atomic E-state index is 2.35. The molecule has 0 aliphatic rings. The molecular formula is C27H39. The van der Waals surface area contributed by atoms with Crippen LogP contribution in [-0.4, -0.2) is 0 Å². The van der Waals surface area contributed by atoms with Crippen molar-refractivity contribution in [1.82, 2.24) is 0 Å². The van der Waals surface area contributed by atoms with E-state index in [4.69, 9.17) is 0 Å². The zero-order chi connectivity index (χ0) is 19.2. The highest BCUT2D eigenvalue weighted by Crippen LogP contribution is 2.24. The minimum absolute atomic E-state index is 0.508. The van der Waals surface area contributed by atoms with Gasteiger partial charge in [0.1, 0.15) is 0 Å². The Hall–Kier alpha value is -1.56. The van der Waals surface area contributed by atoms with Crippen LogP contribution in [0, 0.1) is 6.42 Å². The van der Waals surface area contributed by atoms with Crippen LogP contribution in [0.4, 0.5) is 0 Å². The summed E-state index contributed by atoms with van der Waals surface area (Å²) in [5.74, 6) is 0.508. The van der Waals surface area contributed by atoms with Gasteiger partial charge in [0.2, 0.25) is 0 Å². The van der Waals surface area contributed by atoms with Crippen molar-refractivity contribution in [2.75, 3.05) is 0 Å². The molecule has 27 heavy (non-hydrogen) atoms. The van der Waals surface area contributed by atoms with E-state index in [0.29, 0.717) is 5.92 Å². The highest BCUT2D eigenvalue weighted by atomic mass is 14.1. The Balaban J connectivity index is 1.66. The number of aryl methyl sites for hydroxylation is 1. The molecule has 2 aromatic rings. The first kappa shape index (κ1) is 21.7. The summed E-state index contributed by atoms with van der Waals surface area (Å²) in [6.07, 6.45) is 17.3. The molecule has 0 aromatic heterocycles. The molecule has 0 bridgehead atoms. The van der Waals surface area contributed by atoms with Gasteiger partial charge in [-0.05, 0) is 48.3 Å². The summed E-state index contributed by atoms with van der Waals surface area (Å²) in [6, 6.07) is 20.2. The fourth-order valence-corrected chi connectivity index (χ4v) is 3.87. The SMILES string of the molecule is C[CH]C(Cc1ccccc1)c1ccc(CCCCCCCCCCC)cc1. The van der Waals surface area contributed by atoms with Crippen molar-refractivity contribution in [3.63, 3.8) is 0 Å². The second-order valence-electron chi connectivity index (χ2n) is 7.95. The van der Waals surface area contributed by atoms with Gasteiger partial charge >= 0.3 is 0 Å². The van der Waals surface area contributed by atoms with Crippen LogP contribution in [0.25, 0.3) is 0 Å². The second-order valence-corrected chi connectivity index (χ2v) is 7.95. The van der Waals surface area contributed by atoms with Gasteiger partial charge in [-0.2, -0.15) is 0 Å². The van der Waals surface area contributed by atoms with Gasteiger partial charge in [-0.25, -0.2) is 0 Å². The third kappa shape index (κ3) is 8.78. The summed E-state index contributed by atoms with van der Waals surface area (Å²) < 4.78 is 0. The van der Waals surface area contributed by atoms with Crippen LogP contribution < -0.4 is 0 Å². The van der Waals surface area contributed by atoms with Crippen LogP contribution in [0.15, 0.2) is 54.6 Å². The molecule has 0 saturated heterocycles. The predicted octanol–water partition coefficient (Wildman–Crippen LogP) is 8.31. The van der Waals surface area contributed by atoms with Crippen molar-refractivity contribution in [1.29, 1.82) is 0 Å². The minimum atomic E-state index is 0.508. The van der Waals surface area contributed by atoms with E-state index in [1.54, 1.807) is 0 Å². The third-order valence-electron chi connectivity index (χ3n) is 5.68. The number of hydrogen-bond acceptors (Lipinski definition) is 0. The minimum Gasteiger partial charge on any atom is -0.0654 e. The van der Waals surface area contributed by atoms with Crippen molar-refractivity contribution in [2.45, 2.75) is 90.4 Å². The first-order chi connectivity index (χ1) is 13.3. The zero-order valence-electron chi connectivity index (χ0n) is 17.6. The lowest BCUT2D eigenvalue weighted by Gasteiger charge is -2.16. The summed E-state index contributed by atoms with van der Waals surface area (Å²) >= 11 is 0. The topological polar surface area (TPSA) is 0 Å². The molecular weight excluding hydrogens is 324 g/mol. The molecule has 1 radical (unpaired) electrons. The molecule has 147 valence electrons. The van der Waals surface area contributed by atoms with E-state index in [9.17, 15) is 0 Å².